The molecule has 0 spiro atoms. The van der Waals surface area contributed by atoms with E-state index in [1.807, 2.05) is 0 Å². The van der Waals surface area contributed by atoms with Crippen molar-refractivity contribution in [2.75, 3.05) is 13.2 Å². The monoisotopic (exact) mass is 494 g/mol. The average molecular weight is 495 g/mol. The molecule has 2 aromatic carbocycles. The number of aliphatic hydroxyl groups is 1. The van der Waals surface area contributed by atoms with Gasteiger partial charge in [0.05, 0.1) is 16.7 Å². The lowest BCUT2D eigenvalue weighted by Gasteiger charge is -2.56. The lowest BCUT2D eigenvalue weighted by molar-refractivity contribution is -0.137. The maximum Gasteiger partial charge on any atom is 0.258 e. The molecule has 10 heteroatoms. The quantitative estimate of drug-likeness (QED) is 0.524. The van der Waals surface area contributed by atoms with Gasteiger partial charge in [-0.15, -0.1) is 0 Å². The summed E-state index contributed by atoms with van der Waals surface area (Å²) >= 11 is 5.64. The molecule has 182 valence electrons. The van der Waals surface area contributed by atoms with Crippen LogP contribution in [0.3, 0.4) is 0 Å². The molecule has 0 aromatic heterocycles. The van der Waals surface area contributed by atoms with E-state index in [0.717, 1.165) is 6.07 Å². The van der Waals surface area contributed by atoms with E-state index in [2.05, 4.69) is 10.6 Å². The van der Waals surface area contributed by atoms with E-state index in [-0.39, 0.29) is 42.2 Å². The first-order valence-corrected chi connectivity index (χ1v) is 11.3. The van der Waals surface area contributed by atoms with Gasteiger partial charge in [0.2, 0.25) is 0 Å². The van der Waals surface area contributed by atoms with Crippen molar-refractivity contribution in [2.24, 2.45) is 0 Å². The second kappa shape index (κ2) is 9.76. The smallest absolute Gasteiger partial charge is 0.258 e. The van der Waals surface area contributed by atoms with E-state index in [4.69, 9.17) is 21.1 Å². The summed E-state index contributed by atoms with van der Waals surface area (Å²) < 4.78 is 37.2. The van der Waals surface area contributed by atoms with E-state index in [9.17, 15) is 23.5 Å². The van der Waals surface area contributed by atoms with Crippen molar-refractivity contribution in [1.82, 2.24) is 10.6 Å². The highest BCUT2D eigenvalue weighted by molar-refractivity contribution is 6.30. The molecule has 3 N–H and O–H groups in total. The summed E-state index contributed by atoms with van der Waals surface area (Å²) in [6.45, 7) is -0.563. The molecule has 3 aliphatic rings. The van der Waals surface area contributed by atoms with Gasteiger partial charge in [0.25, 0.3) is 11.8 Å². The maximum absolute atomic E-state index is 13.5. The zero-order chi connectivity index (χ0) is 24.3. The van der Waals surface area contributed by atoms with Gasteiger partial charge in [-0.1, -0.05) is 11.6 Å². The molecule has 0 radical (unpaired) electrons. The molecular weight excluding hydrogens is 470 g/mol. The number of carbonyl (C=O) groups is 2. The highest BCUT2D eigenvalue weighted by Gasteiger charge is 2.55. The second-order valence-corrected chi connectivity index (χ2v) is 9.27. The Bertz CT molecular complexity index is 1060. The zero-order valence-corrected chi connectivity index (χ0v) is 19.0. The first-order valence-electron chi connectivity index (χ1n) is 11.0. The standard InChI is InChI=1S/C24H25ClF2N2O5/c25-18-6-5-17(11-19(18)27)34-13-21(31)28-23-7-9-24(10-8-23,20(30)12-23)29-22(32)14-33-16-3-1-15(26)2-4-16/h1-6,11,20,30H,7-10,12-14H2,(H,28,31)(H,29,32). The van der Waals surface area contributed by atoms with E-state index >= 15 is 0 Å². The third-order valence-corrected chi connectivity index (χ3v) is 6.87. The maximum atomic E-state index is 13.5. The van der Waals surface area contributed by atoms with Crippen molar-refractivity contribution < 1.29 is 33.0 Å². The third kappa shape index (κ3) is 5.42. The van der Waals surface area contributed by atoms with Gasteiger partial charge in [-0.25, -0.2) is 8.78 Å². The molecule has 0 aliphatic heterocycles. The normalized spacial score (nSPS) is 25.5. The molecule has 2 aromatic rings. The van der Waals surface area contributed by atoms with Gasteiger partial charge < -0.3 is 25.2 Å². The van der Waals surface area contributed by atoms with Crippen molar-refractivity contribution in [3.05, 3.63) is 59.1 Å². The van der Waals surface area contributed by atoms with E-state index in [0.29, 0.717) is 31.4 Å². The zero-order valence-electron chi connectivity index (χ0n) is 18.3. The Kier molecular flexibility index (Phi) is 6.95. The fourth-order valence-electron chi connectivity index (χ4n) is 4.70. The summed E-state index contributed by atoms with van der Waals surface area (Å²) in [5.74, 6) is -1.25. The van der Waals surface area contributed by atoms with Crippen LogP contribution in [0.2, 0.25) is 5.02 Å². The number of aliphatic hydroxyl groups excluding tert-OH is 1. The number of ether oxygens (including phenoxy) is 2. The molecule has 5 rings (SSSR count). The average Bonchev–Trinajstić information content (AvgIpc) is 2.81. The van der Waals surface area contributed by atoms with Crippen LogP contribution in [0.5, 0.6) is 11.5 Å². The molecule has 34 heavy (non-hydrogen) atoms. The molecule has 3 fully saturated rings. The van der Waals surface area contributed by atoms with Crippen LogP contribution in [0, 0.1) is 11.6 Å². The summed E-state index contributed by atoms with van der Waals surface area (Å²) in [7, 11) is 0. The summed E-state index contributed by atoms with van der Waals surface area (Å²) in [6.07, 6.45) is 1.55. The van der Waals surface area contributed by atoms with Crippen LogP contribution in [0.4, 0.5) is 8.78 Å². The van der Waals surface area contributed by atoms with Crippen LogP contribution < -0.4 is 20.1 Å². The Morgan fingerprint density at radius 2 is 1.53 bits per heavy atom. The van der Waals surface area contributed by atoms with Gasteiger partial charge in [-0.2, -0.15) is 0 Å². The minimum absolute atomic E-state index is 0.0355. The first-order chi connectivity index (χ1) is 16.2. The molecule has 7 nitrogen and oxygen atoms in total. The Labute approximate surface area is 200 Å². The lowest BCUT2D eigenvalue weighted by Crippen LogP contribution is -2.70. The molecular formula is C24H25ClF2N2O5. The van der Waals surface area contributed by atoms with Crippen LogP contribution in [0.15, 0.2) is 42.5 Å². The fraction of sp³-hybridized carbons (Fsp3) is 0.417. The number of carbonyl (C=O) groups excluding carboxylic acids is 2. The van der Waals surface area contributed by atoms with Crippen molar-refractivity contribution in [2.45, 2.75) is 49.3 Å². The molecule has 3 saturated carbocycles. The summed E-state index contributed by atoms with van der Waals surface area (Å²) in [5, 5.41) is 16.7. The minimum Gasteiger partial charge on any atom is -0.484 e. The van der Waals surface area contributed by atoms with Crippen molar-refractivity contribution in [3.8, 4) is 11.5 Å². The number of hydrogen-bond acceptors (Lipinski definition) is 5. The topological polar surface area (TPSA) is 96.9 Å². The third-order valence-electron chi connectivity index (χ3n) is 6.56. The first kappa shape index (κ1) is 24.2. The van der Waals surface area contributed by atoms with Gasteiger partial charge in [-0.3, -0.25) is 9.59 Å². The molecule has 0 saturated heterocycles. The van der Waals surface area contributed by atoms with Gasteiger partial charge in [0.1, 0.15) is 23.1 Å². The van der Waals surface area contributed by atoms with Crippen LogP contribution in [-0.2, 0) is 9.59 Å². The molecule has 0 heterocycles. The highest BCUT2D eigenvalue weighted by atomic mass is 35.5. The number of rotatable bonds is 8. The number of amides is 2. The summed E-state index contributed by atoms with van der Waals surface area (Å²) in [6, 6.07) is 9.27. The SMILES string of the molecule is O=C(COc1ccc(Cl)c(F)c1)NC12CCC(NC(=O)COc3ccc(F)cc3)(CC1)C(O)C2. The van der Waals surface area contributed by atoms with Crippen LogP contribution in [-0.4, -0.2) is 47.3 Å². The highest BCUT2D eigenvalue weighted by Crippen LogP contribution is 2.47. The van der Waals surface area contributed by atoms with Crippen LogP contribution in [0.25, 0.3) is 0 Å². The van der Waals surface area contributed by atoms with E-state index in [1.54, 1.807) is 0 Å². The minimum atomic E-state index is -0.851. The number of halogens is 3. The predicted molar refractivity (Wildman–Crippen MR) is 120 cm³/mol. The number of hydrogen-bond donors (Lipinski definition) is 3. The lowest BCUT2D eigenvalue weighted by atomic mass is 9.60. The Balaban J connectivity index is 1.27. The second-order valence-electron chi connectivity index (χ2n) is 8.86. The number of benzene rings is 2. The Morgan fingerprint density at radius 3 is 2.15 bits per heavy atom. The molecule has 3 aliphatic carbocycles. The number of fused-ring (bicyclic) bond motifs is 3. The summed E-state index contributed by atoms with van der Waals surface area (Å²) in [4.78, 5) is 24.9. The van der Waals surface area contributed by atoms with Crippen molar-refractivity contribution in [1.29, 1.82) is 0 Å². The molecule has 1 atom stereocenters. The van der Waals surface area contributed by atoms with Crippen molar-refractivity contribution in [3.63, 3.8) is 0 Å². The molecule has 2 bridgehead atoms. The molecule has 1 unspecified atom stereocenters. The van der Waals surface area contributed by atoms with Crippen LogP contribution >= 0.6 is 11.6 Å². The Morgan fingerprint density at radius 1 is 0.941 bits per heavy atom. The van der Waals surface area contributed by atoms with E-state index < -0.39 is 28.8 Å². The fourth-order valence-corrected chi connectivity index (χ4v) is 4.82. The van der Waals surface area contributed by atoms with Gasteiger partial charge in [-0.05, 0) is 68.5 Å². The van der Waals surface area contributed by atoms with Crippen molar-refractivity contribution >= 4 is 23.4 Å². The van der Waals surface area contributed by atoms with Gasteiger partial charge in [0, 0.05) is 11.6 Å². The van der Waals surface area contributed by atoms with Crippen LogP contribution in [0.1, 0.15) is 32.1 Å². The van der Waals surface area contributed by atoms with E-state index in [1.165, 1.54) is 36.4 Å². The summed E-state index contributed by atoms with van der Waals surface area (Å²) in [5.41, 5.74) is -1.38. The predicted octanol–water partition coefficient (Wildman–Crippen LogP) is 3.12. The van der Waals surface area contributed by atoms with Gasteiger partial charge >= 0.3 is 0 Å². The number of nitrogens with one attached hydrogen (secondary N) is 2. The van der Waals surface area contributed by atoms with Gasteiger partial charge in [0.15, 0.2) is 13.2 Å². The Hall–Kier alpha value is -2.91. The largest absolute Gasteiger partial charge is 0.484 e. The molecule has 2 amide bonds.